The number of nitrogens with zero attached hydrogens (tertiary/aromatic N) is 1. The van der Waals surface area contributed by atoms with Crippen molar-refractivity contribution in [1.29, 1.82) is 5.26 Å². The lowest BCUT2D eigenvalue weighted by molar-refractivity contribution is -0.136. The van der Waals surface area contributed by atoms with Gasteiger partial charge < -0.3 is 10.6 Å². The van der Waals surface area contributed by atoms with E-state index >= 15 is 0 Å². The predicted octanol–water partition coefficient (Wildman–Crippen LogP) is 0.799. The van der Waals surface area contributed by atoms with Crippen molar-refractivity contribution in [2.45, 2.75) is 0 Å². The summed E-state index contributed by atoms with van der Waals surface area (Å²) in [7, 11) is 0. The van der Waals surface area contributed by atoms with Crippen LogP contribution in [0.15, 0.2) is 36.9 Å². The maximum Gasteiger partial charge on any atom is 0.313 e. The molecule has 86 valence electrons. The van der Waals surface area contributed by atoms with E-state index in [4.69, 9.17) is 5.26 Å². The third kappa shape index (κ3) is 3.80. The van der Waals surface area contributed by atoms with Gasteiger partial charge in [0.1, 0.15) is 0 Å². The summed E-state index contributed by atoms with van der Waals surface area (Å²) in [5, 5.41) is 13.4. The van der Waals surface area contributed by atoms with Gasteiger partial charge in [0.25, 0.3) is 0 Å². The van der Waals surface area contributed by atoms with Crippen molar-refractivity contribution >= 4 is 17.5 Å². The molecule has 0 unspecified atom stereocenters. The number of hydrogen-bond donors (Lipinski definition) is 2. The molecule has 0 fully saturated rings. The Bertz CT molecular complexity index is 489. The Labute approximate surface area is 98.7 Å². The van der Waals surface area contributed by atoms with E-state index in [0.717, 1.165) is 0 Å². The van der Waals surface area contributed by atoms with Crippen LogP contribution in [-0.4, -0.2) is 18.4 Å². The minimum atomic E-state index is -0.776. The molecule has 5 heteroatoms. The summed E-state index contributed by atoms with van der Waals surface area (Å²) in [5.74, 6) is -1.52. The van der Waals surface area contributed by atoms with Crippen LogP contribution in [0, 0.1) is 11.3 Å². The topological polar surface area (TPSA) is 82.0 Å². The summed E-state index contributed by atoms with van der Waals surface area (Å²) < 4.78 is 0. The lowest BCUT2D eigenvalue weighted by Crippen LogP contribution is -2.35. The Kier molecular flexibility index (Phi) is 4.45. The Morgan fingerprint density at radius 3 is 2.82 bits per heavy atom. The van der Waals surface area contributed by atoms with E-state index in [1.54, 1.807) is 18.2 Å². The molecule has 0 aliphatic carbocycles. The fourth-order valence-electron chi connectivity index (χ4n) is 1.10. The van der Waals surface area contributed by atoms with Crippen LogP contribution >= 0.6 is 0 Å². The maximum atomic E-state index is 11.4. The van der Waals surface area contributed by atoms with Crippen LogP contribution in [0.25, 0.3) is 0 Å². The average Bonchev–Trinajstić information content (AvgIpc) is 2.36. The standard InChI is InChI=1S/C12H11N3O2/c1-2-6-14-11(16)12(17)15-10-5-3-4-9(7-10)8-13/h2-5,7H,1,6H2,(H,14,16)(H,15,17). The van der Waals surface area contributed by atoms with Crippen molar-refractivity contribution in [3.63, 3.8) is 0 Å². The molecule has 1 rings (SSSR count). The van der Waals surface area contributed by atoms with E-state index in [-0.39, 0.29) is 6.54 Å². The first-order valence-electron chi connectivity index (χ1n) is 4.87. The summed E-state index contributed by atoms with van der Waals surface area (Å²) in [6, 6.07) is 8.25. The summed E-state index contributed by atoms with van der Waals surface area (Å²) in [6.45, 7) is 3.64. The minimum absolute atomic E-state index is 0.227. The quantitative estimate of drug-likeness (QED) is 0.594. The smallest absolute Gasteiger partial charge is 0.313 e. The molecule has 0 saturated carbocycles. The number of rotatable bonds is 3. The summed E-state index contributed by atoms with van der Waals surface area (Å²) in [5.41, 5.74) is 0.817. The van der Waals surface area contributed by atoms with Gasteiger partial charge in [-0.25, -0.2) is 0 Å². The highest BCUT2D eigenvalue weighted by Crippen LogP contribution is 2.09. The molecule has 0 aliphatic rings. The molecule has 17 heavy (non-hydrogen) atoms. The molecule has 0 aromatic heterocycles. The van der Waals surface area contributed by atoms with Gasteiger partial charge >= 0.3 is 11.8 Å². The molecule has 0 radical (unpaired) electrons. The van der Waals surface area contributed by atoms with E-state index in [1.807, 2.05) is 6.07 Å². The first-order chi connectivity index (χ1) is 8.17. The van der Waals surface area contributed by atoms with Gasteiger partial charge in [-0.3, -0.25) is 9.59 Å². The van der Waals surface area contributed by atoms with Crippen molar-refractivity contribution in [3.8, 4) is 6.07 Å². The van der Waals surface area contributed by atoms with Gasteiger partial charge in [0.2, 0.25) is 0 Å². The molecule has 0 bridgehead atoms. The van der Waals surface area contributed by atoms with Crippen molar-refractivity contribution in [3.05, 3.63) is 42.5 Å². The van der Waals surface area contributed by atoms with Gasteiger partial charge in [0.15, 0.2) is 0 Å². The molecule has 0 saturated heterocycles. The van der Waals surface area contributed by atoms with E-state index < -0.39 is 11.8 Å². The van der Waals surface area contributed by atoms with Crippen LogP contribution < -0.4 is 10.6 Å². The fraction of sp³-hybridized carbons (Fsp3) is 0.0833. The fourth-order valence-corrected chi connectivity index (χ4v) is 1.10. The van der Waals surface area contributed by atoms with Crippen LogP contribution in [0.3, 0.4) is 0 Å². The molecule has 0 heterocycles. The third-order valence-corrected chi connectivity index (χ3v) is 1.86. The largest absolute Gasteiger partial charge is 0.344 e. The molecule has 0 spiro atoms. The number of carbonyl (C=O) groups is 2. The van der Waals surface area contributed by atoms with E-state index in [2.05, 4.69) is 17.2 Å². The molecular formula is C12H11N3O2. The number of hydrogen-bond acceptors (Lipinski definition) is 3. The van der Waals surface area contributed by atoms with E-state index in [1.165, 1.54) is 12.1 Å². The number of carbonyl (C=O) groups excluding carboxylic acids is 2. The second-order valence-electron chi connectivity index (χ2n) is 3.15. The lowest BCUT2D eigenvalue weighted by Gasteiger charge is -2.04. The molecule has 0 aliphatic heterocycles. The number of nitriles is 1. The van der Waals surface area contributed by atoms with Crippen molar-refractivity contribution in [2.75, 3.05) is 11.9 Å². The maximum absolute atomic E-state index is 11.4. The zero-order valence-corrected chi connectivity index (χ0v) is 9.06. The highest BCUT2D eigenvalue weighted by atomic mass is 16.2. The van der Waals surface area contributed by atoms with Gasteiger partial charge in [-0.1, -0.05) is 12.1 Å². The number of amides is 2. The number of anilines is 1. The number of benzene rings is 1. The first kappa shape index (κ1) is 12.5. The Balaban J connectivity index is 2.64. The summed E-state index contributed by atoms with van der Waals surface area (Å²) in [4.78, 5) is 22.6. The molecule has 0 atom stereocenters. The highest BCUT2D eigenvalue weighted by Gasteiger charge is 2.12. The number of nitrogens with one attached hydrogen (secondary N) is 2. The van der Waals surface area contributed by atoms with E-state index in [9.17, 15) is 9.59 Å². The Hall–Kier alpha value is -2.61. The van der Waals surface area contributed by atoms with Crippen molar-refractivity contribution in [2.24, 2.45) is 0 Å². The van der Waals surface area contributed by atoms with Crippen LogP contribution in [0.2, 0.25) is 0 Å². The van der Waals surface area contributed by atoms with Crippen LogP contribution in [0.5, 0.6) is 0 Å². The molecular weight excluding hydrogens is 218 g/mol. The zero-order chi connectivity index (χ0) is 12.7. The average molecular weight is 229 g/mol. The summed E-state index contributed by atoms with van der Waals surface area (Å²) in [6.07, 6.45) is 1.47. The van der Waals surface area contributed by atoms with Crippen LogP contribution in [-0.2, 0) is 9.59 Å². The van der Waals surface area contributed by atoms with Gasteiger partial charge in [-0.2, -0.15) is 5.26 Å². The van der Waals surface area contributed by atoms with Gasteiger partial charge in [0, 0.05) is 12.2 Å². The second-order valence-corrected chi connectivity index (χ2v) is 3.15. The molecule has 5 nitrogen and oxygen atoms in total. The summed E-state index contributed by atoms with van der Waals surface area (Å²) >= 11 is 0. The SMILES string of the molecule is C=CCNC(=O)C(=O)Nc1cccc(C#N)c1. The molecule has 1 aromatic carbocycles. The minimum Gasteiger partial charge on any atom is -0.344 e. The van der Waals surface area contributed by atoms with Crippen LogP contribution in [0.4, 0.5) is 5.69 Å². The van der Waals surface area contributed by atoms with Crippen molar-refractivity contribution < 1.29 is 9.59 Å². The Morgan fingerprint density at radius 1 is 1.41 bits per heavy atom. The third-order valence-electron chi connectivity index (χ3n) is 1.86. The van der Waals surface area contributed by atoms with Gasteiger partial charge in [-0.15, -0.1) is 6.58 Å². The van der Waals surface area contributed by atoms with Crippen molar-refractivity contribution in [1.82, 2.24) is 5.32 Å². The Morgan fingerprint density at radius 2 is 2.18 bits per heavy atom. The first-order valence-corrected chi connectivity index (χ1v) is 4.87. The molecule has 2 N–H and O–H groups in total. The van der Waals surface area contributed by atoms with Gasteiger partial charge in [0.05, 0.1) is 11.6 Å². The normalized spacial score (nSPS) is 8.88. The highest BCUT2D eigenvalue weighted by molar-refractivity contribution is 6.39. The zero-order valence-electron chi connectivity index (χ0n) is 9.06. The van der Waals surface area contributed by atoms with E-state index in [0.29, 0.717) is 11.3 Å². The predicted molar refractivity (Wildman–Crippen MR) is 63.0 cm³/mol. The lowest BCUT2D eigenvalue weighted by atomic mass is 10.2. The monoisotopic (exact) mass is 229 g/mol. The molecule has 2 amide bonds. The van der Waals surface area contributed by atoms with Gasteiger partial charge in [-0.05, 0) is 18.2 Å². The van der Waals surface area contributed by atoms with Crippen LogP contribution in [0.1, 0.15) is 5.56 Å². The molecule has 1 aromatic rings. The second kappa shape index (κ2) is 6.08.